The average molecular weight is 466 g/mol. The number of carbonyl (C=O) groups excluding carboxylic acids is 2. The van der Waals surface area contributed by atoms with Crippen molar-refractivity contribution in [1.82, 2.24) is 5.32 Å². The molecule has 0 spiro atoms. The zero-order valence-electron chi connectivity index (χ0n) is 18.5. The molecule has 0 radical (unpaired) electrons. The van der Waals surface area contributed by atoms with Gasteiger partial charge in [-0.3, -0.25) is 10.1 Å². The third-order valence-corrected chi connectivity index (χ3v) is 4.84. The summed E-state index contributed by atoms with van der Waals surface area (Å²) in [7, 11) is 0. The number of imide groups is 1. The Morgan fingerprint density at radius 1 is 0.794 bits per heavy atom. The number of hydrogen-bond donors (Lipinski definition) is 3. The van der Waals surface area contributed by atoms with Gasteiger partial charge in [0.15, 0.2) is 6.10 Å². The van der Waals surface area contributed by atoms with Crippen molar-refractivity contribution < 1.29 is 34.0 Å². The number of ether oxygens (including phenoxy) is 3. The Morgan fingerprint density at radius 2 is 1.44 bits per heavy atom. The highest BCUT2D eigenvalue weighted by Crippen LogP contribution is 2.29. The molecule has 178 valence electrons. The van der Waals surface area contributed by atoms with Crippen LogP contribution in [-0.2, 0) is 4.74 Å². The maximum absolute atomic E-state index is 12.7. The summed E-state index contributed by atoms with van der Waals surface area (Å²) in [6.45, 7) is -0.181. The van der Waals surface area contributed by atoms with E-state index in [9.17, 15) is 14.7 Å². The second-order valence-corrected chi connectivity index (χ2v) is 7.27. The molecular formula is C26H27NO7. The Labute approximate surface area is 197 Å². The minimum absolute atomic E-state index is 0.118. The molecule has 0 aliphatic carbocycles. The first-order valence-electron chi connectivity index (χ1n) is 10.8. The van der Waals surface area contributed by atoms with Crippen molar-refractivity contribution in [3.05, 3.63) is 96.1 Å². The maximum Gasteiger partial charge on any atom is 0.414 e. The second-order valence-electron chi connectivity index (χ2n) is 7.27. The van der Waals surface area contributed by atoms with E-state index in [1.54, 1.807) is 78.9 Å². The molecule has 3 rings (SSSR count). The van der Waals surface area contributed by atoms with E-state index in [1.165, 1.54) is 0 Å². The number of benzene rings is 3. The predicted molar refractivity (Wildman–Crippen MR) is 125 cm³/mol. The van der Waals surface area contributed by atoms with Gasteiger partial charge >= 0.3 is 6.09 Å². The molecule has 8 heteroatoms. The van der Waals surface area contributed by atoms with Gasteiger partial charge in [-0.1, -0.05) is 48.5 Å². The van der Waals surface area contributed by atoms with Gasteiger partial charge in [0, 0.05) is 18.6 Å². The minimum Gasteiger partial charge on any atom is -0.491 e. The zero-order valence-corrected chi connectivity index (χ0v) is 18.5. The van der Waals surface area contributed by atoms with Crippen LogP contribution in [-0.4, -0.2) is 48.1 Å². The summed E-state index contributed by atoms with van der Waals surface area (Å²) in [5.74, 6) is 0.473. The number of amides is 2. The summed E-state index contributed by atoms with van der Waals surface area (Å²) in [4.78, 5) is 25.0. The van der Waals surface area contributed by atoms with E-state index in [0.717, 1.165) is 0 Å². The van der Waals surface area contributed by atoms with Gasteiger partial charge < -0.3 is 24.4 Å². The molecule has 3 aromatic carbocycles. The molecule has 0 aliphatic rings. The van der Waals surface area contributed by atoms with E-state index in [2.05, 4.69) is 5.32 Å². The van der Waals surface area contributed by atoms with Crippen molar-refractivity contribution >= 4 is 12.0 Å². The molecule has 2 atom stereocenters. The number of aliphatic hydroxyl groups is 2. The fraction of sp³-hybridized carbons (Fsp3) is 0.231. The van der Waals surface area contributed by atoms with Gasteiger partial charge in [0.1, 0.15) is 24.2 Å². The number of rotatable bonds is 11. The predicted octanol–water partition coefficient (Wildman–Crippen LogP) is 3.50. The summed E-state index contributed by atoms with van der Waals surface area (Å²) in [5, 5.41) is 20.8. The summed E-state index contributed by atoms with van der Waals surface area (Å²) >= 11 is 0. The third-order valence-electron chi connectivity index (χ3n) is 4.84. The lowest BCUT2D eigenvalue weighted by Gasteiger charge is -2.28. The number of aliphatic hydroxyl groups excluding tert-OH is 2. The molecule has 3 aromatic rings. The average Bonchev–Trinajstić information content (AvgIpc) is 2.87. The molecule has 3 N–H and O–H groups in total. The van der Waals surface area contributed by atoms with E-state index < -0.39 is 24.2 Å². The highest BCUT2D eigenvalue weighted by Gasteiger charge is 2.29. The first-order chi connectivity index (χ1) is 16.6. The largest absolute Gasteiger partial charge is 0.491 e. The topological polar surface area (TPSA) is 114 Å². The van der Waals surface area contributed by atoms with Crippen molar-refractivity contribution in [3.8, 4) is 11.5 Å². The molecule has 34 heavy (non-hydrogen) atoms. The normalized spacial score (nSPS) is 12.3. The molecule has 0 fully saturated rings. The van der Waals surface area contributed by atoms with Crippen molar-refractivity contribution in [1.29, 1.82) is 0 Å². The van der Waals surface area contributed by atoms with Gasteiger partial charge in [-0.05, 0) is 42.0 Å². The number of para-hydroxylation sites is 1. The van der Waals surface area contributed by atoms with Gasteiger partial charge in [0.05, 0.1) is 6.61 Å². The number of hydrogen-bond acceptors (Lipinski definition) is 7. The van der Waals surface area contributed by atoms with Crippen LogP contribution in [0.25, 0.3) is 0 Å². The molecule has 2 amide bonds. The molecular weight excluding hydrogens is 438 g/mol. The first kappa shape index (κ1) is 24.8. The Balaban J connectivity index is 1.82. The van der Waals surface area contributed by atoms with Crippen LogP contribution < -0.4 is 14.8 Å². The Kier molecular flexibility index (Phi) is 9.45. The van der Waals surface area contributed by atoms with E-state index in [-0.39, 0.29) is 26.2 Å². The van der Waals surface area contributed by atoms with E-state index >= 15 is 0 Å². The van der Waals surface area contributed by atoms with E-state index in [1.807, 2.05) is 6.07 Å². The van der Waals surface area contributed by atoms with Crippen LogP contribution in [0.2, 0.25) is 0 Å². The van der Waals surface area contributed by atoms with E-state index in [4.69, 9.17) is 19.3 Å². The van der Waals surface area contributed by atoms with Crippen molar-refractivity contribution in [2.45, 2.75) is 18.6 Å². The van der Waals surface area contributed by atoms with Gasteiger partial charge in [0.25, 0.3) is 5.91 Å². The van der Waals surface area contributed by atoms with Crippen LogP contribution >= 0.6 is 0 Å². The van der Waals surface area contributed by atoms with Crippen molar-refractivity contribution in [3.63, 3.8) is 0 Å². The molecule has 0 aromatic heterocycles. The lowest BCUT2D eigenvalue weighted by Crippen LogP contribution is -2.36. The van der Waals surface area contributed by atoms with Crippen LogP contribution in [0.15, 0.2) is 84.9 Å². The lowest BCUT2D eigenvalue weighted by atomic mass is 10.0. The van der Waals surface area contributed by atoms with Crippen LogP contribution in [0.3, 0.4) is 0 Å². The molecule has 0 unspecified atom stereocenters. The molecule has 0 heterocycles. The maximum atomic E-state index is 12.7. The lowest BCUT2D eigenvalue weighted by molar-refractivity contribution is 0.00386. The summed E-state index contributed by atoms with van der Waals surface area (Å²) in [6, 6.07) is 24.0. The fourth-order valence-electron chi connectivity index (χ4n) is 3.25. The van der Waals surface area contributed by atoms with Crippen LogP contribution in [0.1, 0.15) is 28.4 Å². The van der Waals surface area contributed by atoms with Gasteiger partial charge in [0.2, 0.25) is 0 Å². The van der Waals surface area contributed by atoms with Gasteiger partial charge in [-0.15, -0.1) is 0 Å². The van der Waals surface area contributed by atoms with Gasteiger partial charge in [-0.2, -0.15) is 0 Å². The van der Waals surface area contributed by atoms with Gasteiger partial charge in [-0.25, -0.2) is 4.79 Å². The Morgan fingerprint density at radius 3 is 2.06 bits per heavy atom. The van der Waals surface area contributed by atoms with Crippen molar-refractivity contribution in [2.75, 3.05) is 19.8 Å². The monoisotopic (exact) mass is 465 g/mol. The smallest absolute Gasteiger partial charge is 0.414 e. The SMILES string of the molecule is O=C(NC(=O)c1ccccc1)O[C@@H](c1ccc(OCCO)cc1)[C@H](CCO)Oc1ccccc1. The summed E-state index contributed by atoms with van der Waals surface area (Å²) in [6.07, 6.45) is -2.46. The summed E-state index contributed by atoms with van der Waals surface area (Å²) in [5.41, 5.74) is 0.891. The molecule has 0 saturated heterocycles. The van der Waals surface area contributed by atoms with Crippen LogP contribution in [0.5, 0.6) is 11.5 Å². The van der Waals surface area contributed by atoms with Crippen LogP contribution in [0.4, 0.5) is 4.79 Å². The number of nitrogens with one attached hydrogen (secondary N) is 1. The zero-order chi connectivity index (χ0) is 24.2. The molecule has 0 bridgehead atoms. The molecule has 0 aliphatic heterocycles. The highest BCUT2D eigenvalue weighted by atomic mass is 16.6. The Hall–Kier alpha value is -3.88. The first-order valence-corrected chi connectivity index (χ1v) is 10.8. The summed E-state index contributed by atoms with van der Waals surface area (Å²) < 4.78 is 17.1. The van der Waals surface area contributed by atoms with Crippen molar-refractivity contribution in [2.24, 2.45) is 0 Å². The van der Waals surface area contributed by atoms with E-state index in [0.29, 0.717) is 22.6 Å². The number of carbonyl (C=O) groups is 2. The fourth-order valence-corrected chi connectivity index (χ4v) is 3.25. The molecule has 8 nitrogen and oxygen atoms in total. The standard InChI is InChI=1S/C26H27NO7/c28-16-15-23(33-22-9-5-2-6-10-22)24(19-11-13-21(14-12-19)32-18-17-29)34-26(31)27-25(30)20-7-3-1-4-8-20/h1-14,23-24,28-29H,15-18H2,(H,27,30,31)/t23-,24-/m0/s1. The number of alkyl carbamates (subject to hydrolysis) is 1. The quantitative estimate of drug-likeness (QED) is 0.397. The second kappa shape index (κ2) is 13.0. The Bertz CT molecular complexity index is 1030. The minimum atomic E-state index is -0.945. The molecule has 0 saturated carbocycles. The van der Waals surface area contributed by atoms with Crippen LogP contribution in [0, 0.1) is 0 Å². The third kappa shape index (κ3) is 7.33. The highest BCUT2D eigenvalue weighted by molar-refractivity contribution is 6.02.